The van der Waals surface area contributed by atoms with Crippen LogP contribution in [0.15, 0.2) is 29.3 Å². The second-order valence-electron chi connectivity index (χ2n) is 7.57. The molecule has 0 bridgehead atoms. The zero-order valence-corrected chi connectivity index (χ0v) is 20.9. The number of ether oxygens (including phenoxy) is 1. The molecule has 1 aliphatic rings. The van der Waals surface area contributed by atoms with Gasteiger partial charge in [0.2, 0.25) is 0 Å². The van der Waals surface area contributed by atoms with Gasteiger partial charge in [0.25, 0.3) is 5.91 Å². The number of nitrogens with one attached hydrogen (secondary N) is 2. The Kier molecular flexibility index (Phi) is 12.2. The van der Waals surface area contributed by atoms with Gasteiger partial charge in [0.1, 0.15) is 0 Å². The Labute approximate surface area is 201 Å². The van der Waals surface area contributed by atoms with E-state index in [4.69, 9.17) is 10.5 Å². The van der Waals surface area contributed by atoms with Gasteiger partial charge in [-0.05, 0) is 51.6 Å². The van der Waals surface area contributed by atoms with Gasteiger partial charge in [-0.15, -0.1) is 24.0 Å². The van der Waals surface area contributed by atoms with E-state index < -0.39 is 0 Å². The van der Waals surface area contributed by atoms with Gasteiger partial charge in [0.15, 0.2) is 5.96 Å². The maximum Gasteiger partial charge on any atom is 0.409 e. The first kappa shape index (κ1) is 27.0. The van der Waals surface area contributed by atoms with Crippen molar-refractivity contribution in [1.29, 1.82) is 0 Å². The second-order valence-corrected chi connectivity index (χ2v) is 7.57. The van der Waals surface area contributed by atoms with Crippen LogP contribution >= 0.6 is 24.0 Å². The van der Waals surface area contributed by atoms with Crippen LogP contribution < -0.4 is 16.4 Å². The van der Waals surface area contributed by atoms with Crippen molar-refractivity contribution in [3.63, 3.8) is 0 Å². The summed E-state index contributed by atoms with van der Waals surface area (Å²) in [6.45, 7) is 5.23. The van der Waals surface area contributed by atoms with Crippen molar-refractivity contribution in [2.45, 2.75) is 32.4 Å². The second kappa shape index (κ2) is 14.1. The Morgan fingerprint density at radius 3 is 2.65 bits per heavy atom. The van der Waals surface area contributed by atoms with Crippen LogP contribution in [-0.2, 0) is 11.3 Å². The summed E-state index contributed by atoms with van der Waals surface area (Å²) in [5.74, 6) is 0.271. The summed E-state index contributed by atoms with van der Waals surface area (Å²) in [6.07, 6.45) is 1.32. The highest BCUT2D eigenvalue weighted by Crippen LogP contribution is 2.12. The average molecular weight is 546 g/mol. The fourth-order valence-electron chi connectivity index (χ4n) is 3.16. The van der Waals surface area contributed by atoms with Crippen molar-refractivity contribution in [1.82, 2.24) is 20.4 Å². The highest BCUT2D eigenvalue weighted by Gasteiger charge is 2.23. The molecular weight excluding hydrogens is 511 g/mol. The van der Waals surface area contributed by atoms with Crippen LogP contribution in [0.4, 0.5) is 4.79 Å². The highest BCUT2D eigenvalue weighted by atomic mass is 127. The van der Waals surface area contributed by atoms with E-state index in [9.17, 15) is 9.59 Å². The Morgan fingerprint density at radius 1 is 1.29 bits per heavy atom. The van der Waals surface area contributed by atoms with Crippen molar-refractivity contribution >= 4 is 41.9 Å². The number of likely N-dealkylation sites (tertiary alicyclic amines) is 1. The number of rotatable bonds is 8. The van der Waals surface area contributed by atoms with E-state index in [-0.39, 0.29) is 42.0 Å². The van der Waals surface area contributed by atoms with Crippen molar-refractivity contribution in [3.8, 4) is 0 Å². The first-order chi connectivity index (χ1) is 14.4. The smallest absolute Gasteiger partial charge is 0.409 e. The van der Waals surface area contributed by atoms with Crippen LogP contribution in [0, 0.1) is 0 Å². The van der Waals surface area contributed by atoms with Gasteiger partial charge in [0.05, 0.1) is 13.2 Å². The van der Waals surface area contributed by atoms with Crippen LogP contribution in [0.2, 0.25) is 0 Å². The number of benzene rings is 1. The molecule has 2 amide bonds. The number of hydrogen-bond donors (Lipinski definition) is 3. The number of carbonyl (C=O) groups is 2. The number of halogens is 1. The molecule has 0 unspecified atom stereocenters. The molecule has 0 radical (unpaired) electrons. The Balaban J connectivity index is 0.00000480. The molecule has 174 valence electrons. The fourth-order valence-corrected chi connectivity index (χ4v) is 3.16. The van der Waals surface area contributed by atoms with Gasteiger partial charge in [-0.3, -0.25) is 4.79 Å². The fraction of sp³-hybridized carbons (Fsp3) is 0.571. The van der Waals surface area contributed by atoms with Gasteiger partial charge in [-0.25, -0.2) is 9.79 Å². The summed E-state index contributed by atoms with van der Waals surface area (Å²) in [4.78, 5) is 32.1. The number of guanidine groups is 1. The highest BCUT2D eigenvalue weighted by molar-refractivity contribution is 14.0. The maximum absolute atomic E-state index is 12.3. The summed E-state index contributed by atoms with van der Waals surface area (Å²) >= 11 is 0. The molecule has 4 N–H and O–H groups in total. The molecule has 1 heterocycles. The van der Waals surface area contributed by atoms with Crippen molar-refractivity contribution in [2.24, 2.45) is 10.7 Å². The molecule has 0 saturated carbocycles. The zero-order valence-electron chi connectivity index (χ0n) is 18.6. The molecule has 9 nitrogen and oxygen atoms in total. The lowest BCUT2D eigenvalue weighted by molar-refractivity contribution is 0.0947. The molecule has 1 aromatic rings. The predicted molar refractivity (Wildman–Crippen MR) is 133 cm³/mol. The number of piperidine rings is 1. The third kappa shape index (κ3) is 9.72. The number of amides is 2. The van der Waals surface area contributed by atoms with Crippen LogP contribution in [0.3, 0.4) is 0 Å². The molecule has 0 aromatic heterocycles. The van der Waals surface area contributed by atoms with Crippen LogP contribution in [0.5, 0.6) is 0 Å². The molecule has 0 spiro atoms. The molecular formula is C21H35IN6O3. The van der Waals surface area contributed by atoms with Crippen LogP contribution in [0.1, 0.15) is 35.7 Å². The molecule has 1 aliphatic heterocycles. The Morgan fingerprint density at radius 2 is 2.00 bits per heavy atom. The SMILES string of the molecule is CCOC(=O)N1CCC(NC(N)=NCc2cccc(C(=O)NCCN(C)C)c2)CC1.I. The summed E-state index contributed by atoms with van der Waals surface area (Å²) in [5.41, 5.74) is 7.56. The standard InChI is InChI=1S/C21H34N6O3.HI/c1-4-30-21(29)27-11-8-18(9-12-27)25-20(22)24-15-16-6-5-7-17(14-16)19(28)23-10-13-26(2)3;/h5-7,14,18H,4,8-13,15H2,1-3H3,(H,23,28)(H3,22,24,25);1H. The molecule has 1 saturated heterocycles. The third-order valence-electron chi connectivity index (χ3n) is 4.84. The van der Waals surface area contributed by atoms with Crippen molar-refractivity contribution in [3.05, 3.63) is 35.4 Å². The van der Waals surface area contributed by atoms with Crippen molar-refractivity contribution in [2.75, 3.05) is 46.9 Å². The van der Waals surface area contributed by atoms with E-state index in [1.165, 1.54) is 0 Å². The van der Waals surface area contributed by atoms with E-state index in [1.807, 2.05) is 37.2 Å². The number of hydrogen-bond acceptors (Lipinski definition) is 5. The predicted octanol–water partition coefficient (Wildman–Crippen LogP) is 1.62. The topological polar surface area (TPSA) is 112 Å². The minimum Gasteiger partial charge on any atom is -0.450 e. The van der Waals surface area contributed by atoms with E-state index in [0.717, 1.165) is 24.9 Å². The molecule has 1 fully saturated rings. The van der Waals surface area contributed by atoms with Crippen LogP contribution in [0.25, 0.3) is 0 Å². The first-order valence-corrected chi connectivity index (χ1v) is 10.4. The average Bonchev–Trinajstić information content (AvgIpc) is 2.73. The van der Waals surface area contributed by atoms with E-state index in [2.05, 4.69) is 15.6 Å². The van der Waals surface area contributed by atoms with Gasteiger partial charge >= 0.3 is 6.09 Å². The number of nitrogens with two attached hydrogens (primary N) is 1. The molecule has 0 atom stereocenters. The number of nitrogens with zero attached hydrogens (tertiary/aromatic N) is 3. The van der Waals surface area contributed by atoms with Crippen molar-refractivity contribution < 1.29 is 14.3 Å². The van der Waals surface area contributed by atoms with Gasteiger partial charge in [-0.1, -0.05) is 12.1 Å². The first-order valence-electron chi connectivity index (χ1n) is 10.4. The molecule has 10 heteroatoms. The normalized spacial score (nSPS) is 14.7. The summed E-state index contributed by atoms with van der Waals surface area (Å²) < 4.78 is 5.03. The number of likely N-dealkylation sites (N-methyl/N-ethyl adjacent to an activating group) is 1. The molecule has 0 aliphatic carbocycles. The quantitative estimate of drug-likeness (QED) is 0.260. The monoisotopic (exact) mass is 546 g/mol. The van der Waals surface area contributed by atoms with Gasteiger partial charge in [-0.2, -0.15) is 0 Å². The minimum atomic E-state index is -0.261. The van der Waals surface area contributed by atoms with E-state index in [1.54, 1.807) is 17.9 Å². The lowest BCUT2D eigenvalue weighted by Gasteiger charge is -2.31. The summed E-state index contributed by atoms with van der Waals surface area (Å²) in [7, 11) is 3.93. The van der Waals surface area contributed by atoms with E-state index >= 15 is 0 Å². The number of carbonyl (C=O) groups excluding carboxylic acids is 2. The van der Waals surface area contributed by atoms with Gasteiger partial charge in [0, 0.05) is 37.8 Å². The minimum absolute atomic E-state index is 0. The summed E-state index contributed by atoms with van der Waals surface area (Å²) in [5, 5.41) is 6.13. The molecule has 31 heavy (non-hydrogen) atoms. The molecule has 1 aromatic carbocycles. The van der Waals surface area contributed by atoms with Crippen LogP contribution in [-0.4, -0.2) is 80.7 Å². The zero-order chi connectivity index (χ0) is 21.9. The van der Waals surface area contributed by atoms with Gasteiger partial charge < -0.3 is 30.9 Å². The Hall–Kier alpha value is -2.08. The van der Waals surface area contributed by atoms with E-state index in [0.29, 0.717) is 44.3 Å². The maximum atomic E-state index is 12.3. The Bertz CT molecular complexity index is 736. The molecule has 2 rings (SSSR count). The number of aliphatic imine (C=N–C) groups is 1. The third-order valence-corrected chi connectivity index (χ3v) is 4.84. The lowest BCUT2D eigenvalue weighted by atomic mass is 10.1. The summed E-state index contributed by atoms with van der Waals surface area (Å²) in [6, 6.07) is 7.57. The lowest BCUT2D eigenvalue weighted by Crippen LogP contribution is -2.48. The largest absolute Gasteiger partial charge is 0.450 e.